The maximum absolute atomic E-state index is 2.54. The van der Waals surface area contributed by atoms with Gasteiger partial charge in [0.15, 0.2) is 0 Å². The molecule has 0 aliphatic heterocycles. The lowest BCUT2D eigenvalue weighted by atomic mass is 9.74. The van der Waals surface area contributed by atoms with Crippen LogP contribution in [0, 0.1) is 0 Å². The summed E-state index contributed by atoms with van der Waals surface area (Å²) in [5.41, 5.74) is 20.0. The summed E-state index contributed by atoms with van der Waals surface area (Å²) < 4.78 is 2.44. The Morgan fingerprint density at radius 3 is 1.76 bits per heavy atom. The summed E-state index contributed by atoms with van der Waals surface area (Å²) in [4.78, 5) is 2.54. The minimum absolute atomic E-state index is 0.364. The molecular formula is C66H46N2. The van der Waals surface area contributed by atoms with Crippen molar-refractivity contribution < 1.29 is 0 Å². The van der Waals surface area contributed by atoms with Gasteiger partial charge in [-0.25, -0.2) is 0 Å². The average Bonchev–Trinajstić information content (AvgIpc) is 3.90. The van der Waals surface area contributed by atoms with Crippen LogP contribution in [-0.2, 0) is 5.41 Å². The van der Waals surface area contributed by atoms with Crippen LogP contribution in [0.4, 0.5) is 17.1 Å². The van der Waals surface area contributed by atoms with E-state index in [0.29, 0.717) is 0 Å². The van der Waals surface area contributed by atoms with E-state index in [1.807, 2.05) is 0 Å². The van der Waals surface area contributed by atoms with Crippen molar-refractivity contribution >= 4 is 49.6 Å². The summed E-state index contributed by atoms with van der Waals surface area (Å²) in [6.07, 6.45) is 0. The first-order valence-corrected chi connectivity index (χ1v) is 23.6. The second-order valence-corrected chi connectivity index (χ2v) is 18.1. The van der Waals surface area contributed by atoms with Crippen LogP contribution in [0.1, 0.15) is 23.6 Å². The second-order valence-electron chi connectivity index (χ2n) is 18.1. The summed E-state index contributed by atoms with van der Waals surface area (Å²) in [5, 5.41) is 4.92. The van der Waals surface area contributed by atoms with Gasteiger partial charge in [-0.15, -0.1) is 0 Å². The fraction of sp³-hybridized carbons (Fsp3) is 0.0303. The quantitative estimate of drug-likeness (QED) is 0.148. The van der Waals surface area contributed by atoms with Crippen LogP contribution in [0.2, 0.25) is 0 Å². The van der Waals surface area contributed by atoms with Crippen LogP contribution in [0.25, 0.3) is 82.8 Å². The first-order chi connectivity index (χ1) is 33.7. The van der Waals surface area contributed by atoms with E-state index >= 15 is 0 Å². The molecule has 2 heteroatoms. The molecule has 1 heterocycles. The predicted molar refractivity (Wildman–Crippen MR) is 287 cm³/mol. The monoisotopic (exact) mass is 866 g/mol. The highest BCUT2D eigenvalue weighted by Gasteiger charge is 2.42. The molecular weight excluding hydrogens is 821 g/mol. The van der Waals surface area contributed by atoms with Crippen LogP contribution in [-0.4, -0.2) is 4.57 Å². The first-order valence-electron chi connectivity index (χ1n) is 23.6. The molecule has 0 radical (unpaired) electrons. The van der Waals surface area contributed by atoms with Gasteiger partial charge in [0.05, 0.1) is 22.4 Å². The van der Waals surface area contributed by atoms with E-state index in [4.69, 9.17) is 0 Å². The zero-order chi connectivity index (χ0) is 45.2. The number of anilines is 3. The van der Waals surface area contributed by atoms with Gasteiger partial charge < -0.3 is 9.47 Å². The van der Waals surface area contributed by atoms with E-state index in [1.165, 1.54) is 82.6 Å². The Morgan fingerprint density at radius 2 is 0.941 bits per heavy atom. The van der Waals surface area contributed by atoms with Gasteiger partial charge >= 0.3 is 0 Å². The van der Waals surface area contributed by atoms with E-state index in [-0.39, 0.29) is 5.41 Å². The summed E-state index contributed by atoms with van der Waals surface area (Å²) in [5.74, 6) is 0. The number of nitrogens with zero attached hydrogens (tertiary/aromatic N) is 2. The molecule has 0 spiro atoms. The topological polar surface area (TPSA) is 8.17 Å². The molecule has 1 atom stereocenters. The van der Waals surface area contributed by atoms with Crippen molar-refractivity contribution in [1.29, 1.82) is 0 Å². The Hall–Kier alpha value is -8.72. The van der Waals surface area contributed by atoms with Gasteiger partial charge in [-0.3, -0.25) is 0 Å². The van der Waals surface area contributed by atoms with Crippen molar-refractivity contribution in [3.8, 4) is 50.2 Å². The Balaban J connectivity index is 1.10. The van der Waals surface area contributed by atoms with Gasteiger partial charge in [0.25, 0.3) is 0 Å². The third-order valence-corrected chi connectivity index (χ3v) is 14.5. The molecule has 0 N–H and O–H groups in total. The van der Waals surface area contributed by atoms with Crippen LogP contribution < -0.4 is 4.90 Å². The Bertz CT molecular complexity index is 3860. The Kier molecular flexibility index (Phi) is 9.33. The SMILES string of the molecule is CC1(c2ccccc2)c2ccccc2-c2c(N(c3cccc(-c4cccc5c6ccccc6n(-c6ccccc6)c45)c3)c3ccccc3-c3cccc4cccc(-c5ccccc5)c34)cccc21. The minimum atomic E-state index is -0.364. The average molecular weight is 867 g/mol. The highest BCUT2D eigenvalue weighted by atomic mass is 15.1. The van der Waals surface area contributed by atoms with E-state index in [2.05, 4.69) is 277 Å². The zero-order valence-corrected chi connectivity index (χ0v) is 37.7. The van der Waals surface area contributed by atoms with Crippen LogP contribution in [0.3, 0.4) is 0 Å². The lowest BCUT2D eigenvalue weighted by Gasteiger charge is -2.32. The van der Waals surface area contributed by atoms with Crippen molar-refractivity contribution in [2.45, 2.75) is 12.3 Å². The number of hydrogen-bond acceptors (Lipinski definition) is 1. The van der Waals surface area contributed by atoms with Gasteiger partial charge in [0, 0.05) is 44.3 Å². The van der Waals surface area contributed by atoms with Gasteiger partial charge in [-0.05, 0) is 105 Å². The molecule has 0 saturated heterocycles. The fourth-order valence-corrected chi connectivity index (χ4v) is 11.4. The molecule has 0 bridgehead atoms. The van der Waals surface area contributed by atoms with Gasteiger partial charge in [-0.1, -0.05) is 218 Å². The lowest BCUT2D eigenvalue weighted by molar-refractivity contribution is 0.714. The first kappa shape index (κ1) is 39.6. The molecule has 0 fully saturated rings. The lowest BCUT2D eigenvalue weighted by Crippen LogP contribution is -2.22. The normalized spacial score (nSPS) is 14.0. The second kappa shape index (κ2) is 16.0. The van der Waals surface area contributed by atoms with Crippen molar-refractivity contribution in [1.82, 2.24) is 4.57 Å². The largest absolute Gasteiger partial charge is 0.309 e. The molecule has 68 heavy (non-hydrogen) atoms. The molecule has 320 valence electrons. The summed E-state index contributed by atoms with van der Waals surface area (Å²) in [6, 6.07) is 95.9. The van der Waals surface area contributed by atoms with Crippen LogP contribution in [0.5, 0.6) is 0 Å². The molecule has 2 nitrogen and oxygen atoms in total. The van der Waals surface area contributed by atoms with Crippen molar-refractivity contribution in [3.05, 3.63) is 278 Å². The summed E-state index contributed by atoms with van der Waals surface area (Å²) >= 11 is 0. The number of aromatic nitrogens is 1. The van der Waals surface area contributed by atoms with Crippen LogP contribution in [0.15, 0.2) is 261 Å². The molecule has 12 aromatic rings. The summed E-state index contributed by atoms with van der Waals surface area (Å²) in [7, 11) is 0. The molecule has 1 aliphatic carbocycles. The maximum Gasteiger partial charge on any atom is 0.0619 e. The van der Waals surface area contributed by atoms with Gasteiger partial charge in [-0.2, -0.15) is 0 Å². The fourth-order valence-electron chi connectivity index (χ4n) is 11.4. The standard InChI is InChI=1S/C66H46N2/c1-66(48-27-7-3-8-28-48)58-39-14-11-34-57(58)64-59(66)40-21-43-62(64)67(60-41-15-12-32-53(60)55-37-19-25-46-24-18-35-51(63(46)55)45-22-5-2-6-23-45)50-31-17-26-47(44-50)52-36-20-38-56-54-33-13-16-42-61(54)68(65(52)56)49-29-9-4-10-30-49/h2-44H,1H3. The number of benzene rings is 11. The number of para-hydroxylation sites is 4. The summed E-state index contributed by atoms with van der Waals surface area (Å²) in [6.45, 7) is 2.41. The Morgan fingerprint density at radius 1 is 0.382 bits per heavy atom. The minimum Gasteiger partial charge on any atom is -0.309 e. The zero-order valence-electron chi connectivity index (χ0n) is 37.7. The highest BCUT2D eigenvalue weighted by Crippen LogP contribution is 2.57. The highest BCUT2D eigenvalue weighted by molar-refractivity contribution is 6.14. The number of hydrogen-bond donors (Lipinski definition) is 0. The molecule has 0 saturated carbocycles. The predicted octanol–water partition coefficient (Wildman–Crippen LogP) is 17.7. The molecule has 13 rings (SSSR count). The van der Waals surface area contributed by atoms with Crippen LogP contribution >= 0.6 is 0 Å². The molecule has 1 aliphatic rings. The maximum atomic E-state index is 2.54. The van der Waals surface area contributed by atoms with Gasteiger partial charge in [0.2, 0.25) is 0 Å². The third kappa shape index (κ3) is 6.11. The van der Waals surface area contributed by atoms with Gasteiger partial charge in [0.1, 0.15) is 0 Å². The van der Waals surface area contributed by atoms with E-state index in [9.17, 15) is 0 Å². The smallest absolute Gasteiger partial charge is 0.0619 e. The van der Waals surface area contributed by atoms with E-state index < -0.39 is 0 Å². The number of fused-ring (bicyclic) bond motifs is 7. The van der Waals surface area contributed by atoms with Crippen molar-refractivity contribution in [2.75, 3.05) is 4.90 Å². The Labute approximate surface area is 397 Å². The molecule has 1 aromatic heterocycles. The van der Waals surface area contributed by atoms with Crippen molar-refractivity contribution in [2.24, 2.45) is 0 Å². The van der Waals surface area contributed by atoms with E-state index in [1.54, 1.807) is 0 Å². The van der Waals surface area contributed by atoms with E-state index in [0.717, 1.165) is 33.9 Å². The molecule has 11 aromatic carbocycles. The molecule has 0 amide bonds. The third-order valence-electron chi connectivity index (χ3n) is 14.5. The van der Waals surface area contributed by atoms with Crippen molar-refractivity contribution in [3.63, 3.8) is 0 Å². The number of rotatable bonds is 8. The molecule has 1 unspecified atom stereocenters.